The van der Waals surface area contributed by atoms with Gasteiger partial charge in [-0.2, -0.15) is 0 Å². The van der Waals surface area contributed by atoms with E-state index in [1.165, 1.54) is 5.56 Å². The predicted octanol–water partition coefficient (Wildman–Crippen LogP) is 3.87. The van der Waals surface area contributed by atoms with Crippen molar-refractivity contribution in [3.8, 4) is 28.5 Å². The van der Waals surface area contributed by atoms with Crippen LogP contribution in [0.25, 0.3) is 28.5 Å². The van der Waals surface area contributed by atoms with E-state index in [4.69, 9.17) is 0 Å². The van der Waals surface area contributed by atoms with Gasteiger partial charge in [-0.1, -0.05) is 54.2 Å². The SMILES string of the molecule is Cc1cccc(-c2c[n-]c(-c3cncn3-c3ccccc3)n2)c1. The van der Waals surface area contributed by atoms with Crippen LogP contribution in [0.1, 0.15) is 5.56 Å². The van der Waals surface area contributed by atoms with Crippen molar-refractivity contribution >= 4 is 0 Å². The molecule has 0 unspecified atom stereocenters. The second-order valence-electron chi connectivity index (χ2n) is 5.43. The van der Waals surface area contributed by atoms with Crippen molar-refractivity contribution in [2.75, 3.05) is 0 Å². The van der Waals surface area contributed by atoms with E-state index in [9.17, 15) is 0 Å². The fraction of sp³-hybridized carbons (Fsp3) is 0.0526. The number of benzene rings is 2. The maximum Gasteiger partial charge on any atom is 0.0996 e. The smallest absolute Gasteiger partial charge is 0.0996 e. The van der Waals surface area contributed by atoms with Crippen LogP contribution >= 0.6 is 0 Å². The normalized spacial score (nSPS) is 10.8. The lowest BCUT2D eigenvalue weighted by molar-refractivity contribution is 1.04. The number of hydrogen-bond donors (Lipinski definition) is 0. The minimum atomic E-state index is 0.683. The van der Waals surface area contributed by atoms with E-state index in [-0.39, 0.29) is 0 Å². The second-order valence-corrected chi connectivity index (χ2v) is 5.43. The molecule has 0 radical (unpaired) electrons. The van der Waals surface area contributed by atoms with Crippen molar-refractivity contribution in [2.45, 2.75) is 6.92 Å². The lowest BCUT2D eigenvalue weighted by Crippen LogP contribution is -1.96. The van der Waals surface area contributed by atoms with Crippen molar-refractivity contribution in [1.29, 1.82) is 0 Å². The Bertz CT molecular complexity index is 935. The third-order valence-corrected chi connectivity index (χ3v) is 3.75. The van der Waals surface area contributed by atoms with Crippen LogP contribution in [0.3, 0.4) is 0 Å². The van der Waals surface area contributed by atoms with Gasteiger partial charge >= 0.3 is 0 Å². The molecule has 0 atom stereocenters. The summed E-state index contributed by atoms with van der Waals surface area (Å²) in [5, 5.41) is 0. The van der Waals surface area contributed by atoms with Gasteiger partial charge in [-0.25, -0.2) is 4.98 Å². The Hall–Kier alpha value is -3.14. The summed E-state index contributed by atoms with van der Waals surface area (Å²) in [7, 11) is 0. The molecular formula is C19H15N4-. The first-order valence-corrected chi connectivity index (χ1v) is 7.46. The zero-order chi connectivity index (χ0) is 15.6. The zero-order valence-electron chi connectivity index (χ0n) is 12.7. The summed E-state index contributed by atoms with van der Waals surface area (Å²) >= 11 is 0. The van der Waals surface area contributed by atoms with Crippen LogP contribution in [0.15, 0.2) is 73.3 Å². The molecule has 23 heavy (non-hydrogen) atoms. The van der Waals surface area contributed by atoms with E-state index in [1.807, 2.05) is 47.2 Å². The van der Waals surface area contributed by atoms with E-state index >= 15 is 0 Å². The first-order valence-electron chi connectivity index (χ1n) is 7.46. The van der Waals surface area contributed by atoms with Crippen LogP contribution in [0.4, 0.5) is 0 Å². The highest BCUT2D eigenvalue weighted by Gasteiger charge is 2.05. The molecule has 2 aromatic carbocycles. The summed E-state index contributed by atoms with van der Waals surface area (Å²) in [5.41, 5.74) is 5.09. The van der Waals surface area contributed by atoms with Gasteiger partial charge < -0.3 is 9.97 Å². The molecule has 0 N–H and O–H groups in total. The Balaban J connectivity index is 1.75. The summed E-state index contributed by atoms with van der Waals surface area (Å²) in [6.45, 7) is 2.07. The van der Waals surface area contributed by atoms with Gasteiger partial charge in [-0.3, -0.25) is 4.57 Å². The number of para-hydroxylation sites is 1. The number of aryl methyl sites for hydroxylation is 1. The number of hydrogen-bond acceptors (Lipinski definition) is 2. The molecule has 4 nitrogen and oxygen atoms in total. The predicted molar refractivity (Wildman–Crippen MR) is 90.3 cm³/mol. The Morgan fingerprint density at radius 3 is 2.70 bits per heavy atom. The Morgan fingerprint density at radius 1 is 1.00 bits per heavy atom. The fourth-order valence-electron chi connectivity index (χ4n) is 2.62. The topological polar surface area (TPSA) is 44.8 Å². The van der Waals surface area contributed by atoms with E-state index in [0.29, 0.717) is 5.82 Å². The number of nitrogens with zero attached hydrogens (tertiary/aromatic N) is 4. The molecule has 0 saturated carbocycles. The van der Waals surface area contributed by atoms with Crippen molar-refractivity contribution < 1.29 is 0 Å². The maximum atomic E-state index is 4.68. The molecule has 0 fully saturated rings. The van der Waals surface area contributed by atoms with Crippen LogP contribution < -0.4 is 4.98 Å². The van der Waals surface area contributed by atoms with Gasteiger partial charge in [0.25, 0.3) is 0 Å². The molecule has 112 valence electrons. The minimum absolute atomic E-state index is 0.683. The van der Waals surface area contributed by atoms with Gasteiger partial charge in [0.15, 0.2) is 0 Å². The Morgan fingerprint density at radius 2 is 1.87 bits per heavy atom. The van der Waals surface area contributed by atoms with E-state index in [0.717, 1.165) is 22.6 Å². The van der Waals surface area contributed by atoms with Crippen molar-refractivity contribution in [2.24, 2.45) is 0 Å². The zero-order valence-corrected chi connectivity index (χ0v) is 12.7. The fourth-order valence-corrected chi connectivity index (χ4v) is 2.62. The summed E-state index contributed by atoms with van der Waals surface area (Å²) < 4.78 is 2.00. The quantitative estimate of drug-likeness (QED) is 0.577. The molecule has 0 aliphatic carbocycles. The molecular weight excluding hydrogens is 284 g/mol. The highest BCUT2D eigenvalue weighted by molar-refractivity contribution is 5.64. The summed E-state index contributed by atoms with van der Waals surface area (Å²) in [6.07, 6.45) is 5.39. The highest BCUT2D eigenvalue weighted by Crippen LogP contribution is 2.24. The standard InChI is InChI=1S/C19H15N4/c1-14-6-5-7-15(10-14)17-11-21-19(22-17)18-12-20-13-23(18)16-8-3-2-4-9-16/h2-13H,1H3/q-1. The van der Waals surface area contributed by atoms with Gasteiger partial charge in [0.2, 0.25) is 0 Å². The Kier molecular flexibility index (Phi) is 3.27. The molecule has 0 bridgehead atoms. The molecule has 0 amide bonds. The maximum absolute atomic E-state index is 4.68. The molecule has 4 rings (SSSR count). The van der Waals surface area contributed by atoms with Gasteiger partial charge in [0, 0.05) is 5.69 Å². The van der Waals surface area contributed by atoms with Crippen LogP contribution in [-0.4, -0.2) is 14.5 Å². The summed E-state index contributed by atoms with van der Waals surface area (Å²) in [5.74, 6) is 0.683. The lowest BCUT2D eigenvalue weighted by Gasteiger charge is -2.10. The Labute approximate surface area is 134 Å². The first-order chi connectivity index (χ1) is 11.3. The summed E-state index contributed by atoms with van der Waals surface area (Å²) in [4.78, 5) is 13.4. The van der Waals surface area contributed by atoms with Gasteiger partial charge in [-0.15, -0.1) is 0 Å². The van der Waals surface area contributed by atoms with Gasteiger partial charge in [-0.05, 0) is 36.1 Å². The monoisotopic (exact) mass is 299 g/mol. The van der Waals surface area contributed by atoms with E-state index in [1.54, 1.807) is 12.5 Å². The molecule has 0 spiro atoms. The van der Waals surface area contributed by atoms with Crippen molar-refractivity contribution in [3.05, 3.63) is 78.9 Å². The second kappa shape index (κ2) is 5.57. The third kappa shape index (κ3) is 2.55. The third-order valence-electron chi connectivity index (χ3n) is 3.75. The minimum Gasteiger partial charge on any atom is -0.441 e. The first kappa shape index (κ1) is 13.5. The number of rotatable bonds is 3. The number of imidazole rings is 2. The highest BCUT2D eigenvalue weighted by atomic mass is 15.1. The van der Waals surface area contributed by atoms with Crippen molar-refractivity contribution in [3.63, 3.8) is 0 Å². The summed E-state index contributed by atoms with van der Waals surface area (Å²) in [6, 6.07) is 18.3. The molecule has 4 aromatic rings. The average molecular weight is 299 g/mol. The largest absolute Gasteiger partial charge is 0.441 e. The molecule has 0 saturated heterocycles. The van der Waals surface area contributed by atoms with Crippen LogP contribution in [0.2, 0.25) is 0 Å². The average Bonchev–Trinajstić information content (AvgIpc) is 3.25. The van der Waals surface area contributed by atoms with Crippen LogP contribution in [0, 0.1) is 6.92 Å². The lowest BCUT2D eigenvalue weighted by atomic mass is 10.1. The van der Waals surface area contributed by atoms with Gasteiger partial charge in [0.05, 0.1) is 18.2 Å². The van der Waals surface area contributed by atoms with E-state index < -0.39 is 0 Å². The van der Waals surface area contributed by atoms with Crippen LogP contribution in [-0.2, 0) is 0 Å². The number of aromatic nitrogens is 4. The molecule has 2 heterocycles. The van der Waals surface area contributed by atoms with E-state index in [2.05, 4.69) is 40.1 Å². The molecule has 0 aliphatic heterocycles. The molecule has 2 aromatic heterocycles. The van der Waals surface area contributed by atoms with Gasteiger partial charge in [0.1, 0.15) is 0 Å². The molecule has 4 heteroatoms. The molecule has 0 aliphatic rings. The van der Waals surface area contributed by atoms with Crippen molar-refractivity contribution in [1.82, 2.24) is 19.5 Å². The van der Waals surface area contributed by atoms with Crippen LogP contribution in [0.5, 0.6) is 0 Å².